The Morgan fingerprint density at radius 2 is 1.95 bits per heavy atom. The topological polar surface area (TPSA) is 38.3 Å². The molecule has 0 amide bonds. The van der Waals surface area contributed by atoms with E-state index in [-0.39, 0.29) is 5.97 Å². The molecular formula is C17H15NO2S. The van der Waals surface area contributed by atoms with Gasteiger partial charge in [-0.1, -0.05) is 30.0 Å². The summed E-state index contributed by atoms with van der Waals surface area (Å²) in [5.41, 5.74) is 4.53. The molecule has 2 aromatic carbocycles. The molecule has 2 aromatic rings. The third-order valence-electron chi connectivity index (χ3n) is 3.37. The lowest BCUT2D eigenvalue weighted by Crippen LogP contribution is -2.03. The highest BCUT2D eigenvalue weighted by atomic mass is 32.2. The van der Waals surface area contributed by atoms with Gasteiger partial charge in [-0.2, -0.15) is 0 Å². The fourth-order valence-corrected chi connectivity index (χ4v) is 3.30. The molecule has 0 fully saturated rings. The molecule has 0 saturated carbocycles. The Bertz CT molecular complexity index is 752. The van der Waals surface area contributed by atoms with Gasteiger partial charge in [0.25, 0.3) is 0 Å². The van der Waals surface area contributed by atoms with Crippen molar-refractivity contribution in [1.82, 2.24) is 0 Å². The Labute approximate surface area is 128 Å². The molecular weight excluding hydrogens is 282 g/mol. The predicted molar refractivity (Wildman–Crippen MR) is 85.7 cm³/mol. The lowest BCUT2D eigenvalue weighted by Gasteiger charge is -2.10. The van der Waals surface area contributed by atoms with E-state index >= 15 is 0 Å². The number of ether oxygens (including phenoxy) is 1. The lowest BCUT2D eigenvalue weighted by atomic mass is 10.1. The molecule has 1 aliphatic rings. The first-order chi connectivity index (χ1) is 10.1. The van der Waals surface area contributed by atoms with Crippen LogP contribution in [0, 0.1) is 6.92 Å². The van der Waals surface area contributed by atoms with Gasteiger partial charge in [-0.05, 0) is 37.3 Å². The van der Waals surface area contributed by atoms with Crippen molar-refractivity contribution in [3.8, 4) is 0 Å². The summed E-state index contributed by atoms with van der Waals surface area (Å²) in [7, 11) is 1.38. The van der Waals surface area contributed by atoms with Crippen LogP contribution >= 0.6 is 11.8 Å². The van der Waals surface area contributed by atoms with E-state index in [1.807, 2.05) is 6.07 Å². The van der Waals surface area contributed by atoms with Gasteiger partial charge in [-0.3, -0.25) is 0 Å². The lowest BCUT2D eigenvalue weighted by molar-refractivity contribution is 0.0600. The van der Waals surface area contributed by atoms with E-state index < -0.39 is 0 Å². The molecule has 0 bridgehead atoms. The average Bonchev–Trinajstić information content (AvgIpc) is 2.62. The van der Waals surface area contributed by atoms with Crippen LogP contribution in [0.1, 0.15) is 21.5 Å². The summed E-state index contributed by atoms with van der Waals surface area (Å²) in [4.78, 5) is 13.9. The van der Waals surface area contributed by atoms with E-state index in [1.54, 1.807) is 23.9 Å². The van der Waals surface area contributed by atoms with E-state index in [0.717, 1.165) is 26.7 Å². The van der Waals surface area contributed by atoms with E-state index in [9.17, 15) is 4.79 Å². The number of hydrogen-bond donors (Lipinski definition) is 1. The van der Waals surface area contributed by atoms with Crippen LogP contribution < -0.4 is 5.32 Å². The second-order valence-electron chi connectivity index (χ2n) is 4.91. The average molecular weight is 297 g/mol. The van der Waals surface area contributed by atoms with Gasteiger partial charge in [-0.25, -0.2) is 4.79 Å². The quantitative estimate of drug-likeness (QED) is 0.795. The predicted octanol–water partition coefficient (Wildman–Crippen LogP) is 4.33. The van der Waals surface area contributed by atoms with E-state index in [4.69, 9.17) is 4.74 Å². The van der Waals surface area contributed by atoms with E-state index in [2.05, 4.69) is 37.0 Å². The number of benzene rings is 2. The van der Waals surface area contributed by atoms with Crippen LogP contribution in [0.25, 0.3) is 5.70 Å². The van der Waals surface area contributed by atoms with Crippen molar-refractivity contribution in [2.75, 3.05) is 12.4 Å². The van der Waals surface area contributed by atoms with Crippen molar-refractivity contribution in [1.29, 1.82) is 0 Å². The molecule has 3 rings (SSSR count). The molecule has 1 heterocycles. The number of anilines is 1. The molecule has 0 saturated heterocycles. The number of fused-ring (bicyclic) bond motifs is 2. The molecule has 1 aliphatic heterocycles. The van der Waals surface area contributed by atoms with Crippen molar-refractivity contribution in [2.45, 2.75) is 16.7 Å². The second kappa shape index (κ2) is 5.30. The first-order valence-electron chi connectivity index (χ1n) is 6.55. The number of carbonyl (C=O) groups excluding carboxylic acids is 1. The molecule has 3 nitrogen and oxygen atoms in total. The number of methoxy groups -OCH3 is 1. The summed E-state index contributed by atoms with van der Waals surface area (Å²) < 4.78 is 4.77. The second-order valence-corrected chi connectivity index (χ2v) is 5.99. The Morgan fingerprint density at radius 1 is 1.19 bits per heavy atom. The zero-order valence-corrected chi connectivity index (χ0v) is 12.7. The Morgan fingerprint density at radius 3 is 2.71 bits per heavy atom. The molecule has 0 radical (unpaired) electrons. The number of carbonyl (C=O) groups is 1. The summed E-state index contributed by atoms with van der Waals surface area (Å²) in [6, 6.07) is 11.8. The number of nitrogens with one attached hydrogen (secondary N) is 1. The van der Waals surface area contributed by atoms with Crippen LogP contribution in [0.15, 0.2) is 52.8 Å². The first kappa shape index (κ1) is 13.8. The molecule has 1 N–H and O–H groups in total. The summed E-state index contributed by atoms with van der Waals surface area (Å²) in [6.45, 7) is 6.17. The van der Waals surface area contributed by atoms with Gasteiger partial charge in [-0.15, -0.1) is 0 Å². The molecule has 0 atom stereocenters. The third kappa shape index (κ3) is 2.54. The molecule has 0 aromatic heterocycles. The Hall–Kier alpha value is -2.20. The fourth-order valence-electron chi connectivity index (χ4n) is 2.28. The Balaban J connectivity index is 2.07. The van der Waals surface area contributed by atoms with Gasteiger partial charge in [0.05, 0.1) is 18.4 Å². The fraction of sp³-hybridized carbons (Fsp3) is 0.118. The minimum atomic E-state index is -0.340. The third-order valence-corrected chi connectivity index (χ3v) is 4.52. The highest BCUT2D eigenvalue weighted by molar-refractivity contribution is 7.99. The molecule has 0 unspecified atom stereocenters. The number of hydrogen-bond acceptors (Lipinski definition) is 4. The number of aryl methyl sites for hydroxylation is 1. The maximum absolute atomic E-state index is 11.7. The largest absolute Gasteiger partial charge is 0.465 e. The minimum Gasteiger partial charge on any atom is -0.465 e. The highest BCUT2D eigenvalue weighted by Crippen LogP contribution is 2.42. The van der Waals surface area contributed by atoms with E-state index in [1.165, 1.54) is 12.7 Å². The monoisotopic (exact) mass is 297 g/mol. The molecule has 4 heteroatoms. The van der Waals surface area contributed by atoms with Gasteiger partial charge in [0.2, 0.25) is 0 Å². The zero-order chi connectivity index (χ0) is 15.0. The van der Waals surface area contributed by atoms with Crippen molar-refractivity contribution >= 4 is 29.1 Å². The zero-order valence-electron chi connectivity index (χ0n) is 11.9. The summed E-state index contributed by atoms with van der Waals surface area (Å²) in [5.74, 6) is -0.340. The van der Waals surface area contributed by atoms with Crippen LogP contribution in [0.2, 0.25) is 0 Å². The summed E-state index contributed by atoms with van der Waals surface area (Å²) in [5, 5.41) is 3.30. The van der Waals surface area contributed by atoms with Gasteiger partial charge in [0.1, 0.15) is 0 Å². The Kier molecular flexibility index (Phi) is 3.47. The smallest absolute Gasteiger partial charge is 0.337 e. The summed E-state index contributed by atoms with van der Waals surface area (Å²) in [6.07, 6.45) is 0. The van der Waals surface area contributed by atoms with Crippen LogP contribution in [0.5, 0.6) is 0 Å². The van der Waals surface area contributed by atoms with Crippen molar-refractivity contribution in [3.63, 3.8) is 0 Å². The normalized spacial score (nSPS) is 12.8. The van der Waals surface area contributed by atoms with Crippen LogP contribution in [-0.4, -0.2) is 13.1 Å². The standard InChI is InChI=1S/C17H15NO2S/c1-10-4-6-15-13(8-10)11(2)18-14-9-12(17(19)20-3)5-7-16(14)21-15/h4-9,18H,2H2,1,3H3. The van der Waals surface area contributed by atoms with Crippen molar-refractivity contribution in [2.24, 2.45) is 0 Å². The minimum absolute atomic E-state index is 0.340. The number of esters is 1. The van der Waals surface area contributed by atoms with Crippen LogP contribution in [-0.2, 0) is 4.74 Å². The van der Waals surface area contributed by atoms with E-state index in [0.29, 0.717) is 5.56 Å². The molecule has 0 spiro atoms. The van der Waals surface area contributed by atoms with Gasteiger partial charge in [0.15, 0.2) is 0 Å². The molecule has 21 heavy (non-hydrogen) atoms. The van der Waals surface area contributed by atoms with Gasteiger partial charge < -0.3 is 10.1 Å². The maximum atomic E-state index is 11.7. The number of rotatable bonds is 1. The van der Waals surface area contributed by atoms with Crippen molar-refractivity contribution in [3.05, 3.63) is 59.7 Å². The highest BCUT2D eigenvalue weighted by Gasteiger charge is 2.18. The van der Waals surface area contributed by atoms with Crippen LogP contribution in [0.3, 0.4) is 0 Å². The maximum Gasteiger partial charge on any atom is 0.337 e. The summed E-state index contributed by atoms with van der Waals surface area (Å²) >= 11 is 1.67. The van der Waals surface area contributed by atoms with Gasteiger partial charge in [0, 0.05) is 21.1 Å². The van der Waals surface area contributed by atoms with Crippen molar-refractivity contribution < 1.29 is 9.53 Å². The first-order valence-corrected chi connectivity index (χ1v) is 7.37. The molecule has 106 valence electrons. The SMILES string of the molecule is C=C1Nc2cc(C(=O)OC)ccc2Sc2ccc(C)cc21. The van der Waals surface area contributed by atoms with Gasteiger partial charge >= 0.3 is 5.97 Å². The molecule has 0 aliphatic carbocycles. The van der Waals surface area contributed by atoms with Crippen LogP contribution in [0.4, 0.5) is 5.69 Å².